The van der Waals surface area contributed by atoms with E-state index in [1.54, 1.807) is 7.05 Å². The molecule has 1 amide bonds. The summed E-state index contributed by atoms with van der Waals surface area (Å²) in [5.41, 5.74) is -1.88. The minimum Gasteiger partial charge on any atom is -0.336 e. The molecule has 29 heavy (non-hydrogen) atoms. The van der Waals surface area contributed by atoms with Gasteiger partial charge in [-0.2, -0.15) is 18.3 Å². The van der Waals surface area contributed by atoms with Crippen LogP contribution in [-0.2, 0) is 6.18 Å². The SMILES string of the molecule is CNC1CCCN(C(=O)c2nn(-c3ccccc3C(F)(F)F)c(C)cc2=O)C1.Cl. The molecule has 1 saturated heterocycles. The number of rotatable bonds is 3. The molecule has 0 aliphatic carbocycles. The van der Waals surface area contributed by atoms with Crippen molar-refractivity contribution in [3.8, 4) is 5.69 Å². The number of hydrogen-bond donors (Lipinski definition) is 1. The van der Waals surface area contributed by atoms with Crippen LogP contribution in [0.4, 0.5) is 13.2 Å². The molecule has 1 aromatic carbocycles. The van der Waals surface area contributed by atoms with E-state index in [0.29, 0.717) is 13.1 Å². The van der Waals surface area contributed by atoms with Gasteiger partial charge < -0.3 is 10.2 Å². The molecular formula is C19H22ClF3N4O2. The first-order chi connectivity index (χ1) is 13.2. The van der Waals surface area contributed by atoms with Crippen molar-refractivity contribution >= 4 is 18.3 Å². The number of piperidine rings is 1. The smallest absolute Gasteiger partial charge is 0.336 e. The number of hydrogen-bond acceptors (Lipinski definition) is 4. The van der Waals surface area contributed by atoms with Gasteiger partial charge in [-0.1, -0.05) is 12.1 Å². The monoisotopic (exact) mass is 430 g/mol. The van der Waals surface area contributed by atoms with Crippen LogP contribution in [0.5, 0.6) is 0 Å². The second-order valence-electron chi connectivity index (χ2n) is 6.80. The van der Waals surface area contributed by atoms with Gasteiger partial charge in [-0.05, 0) is 38.9 Å². The molecule has 1 atom stereocenters. The lowest BCUT2D eigenvalue weighted by molar-refractivity contribution is -0.137. The third kappa shape index (κ3) is 4.79. The molecule has 1 fully saturated rings. The first-order valence-electron chi connectivity index (χ1n) is 8.96. The van der Waals surface area contributed by atoms with Crippen LogP contribution in [0.2, 0.25) is 0 Å². The Balaban J connectivity index is 0.00000300. The first kappa shape index (κ1) is 22.9. The molecule has 0 spiro atoms. The molecule has 1 aromatic heterocycles. The summed E-state index contributed by atoms with van der Waals surface area (Å²) in [6.45, 7) is 2.38. The zero-order valence-corrected chi connectivity index (χ0v) is 16.8. The van der Waals surface area contributed by atoms with Crippen LogP contribution in [0.3, 0.4) is 0 Å². The van der Waals surface area contributed by atoms with Crippen molar-refractivity contribution in [1.29, 1.82) is 0 Å². The number of likely N-dealkylation sites (tertiary alicyclic amines) is 1. The molecule has 1 aliphatic rings. The first-order valence-corrected chi connectivity index (χ1v) is 8.96. The van der Waals surface area contributed by atoms with E-state index in [0.717, 1.165) is 29.7 Å². The topological polar surface area (TPSA) is 67.2 Å². The number of aryl methyl sites for hydroxylation is 1. The zero-order chi connectivity index (χ0) is 20.5. The number of benzene rings is 1. The number of halogens is 4. The van der Waals surface area contributed by atoms with Crippen molar-refractivity contribution in [3.63, 3.8) is 0 Å². The van der Waals surface area contributed by atoms with Crippen LogP contribution in [0, 0.1) is 6.92 Å². The fourth-order valence-corrected chi connectivity index (χ4v) is 3.38. The predicted molar refractivity (Wildman–Crippen MR) is 105 cm³/mol. The van der Waals surface area contributed by atoms with Crippen LogP contribution in [0.15, 0.2) is 35.1 Å². The summed E-state index contributed by atoms with van der Waals surface area (Å²) in [5, 5.41) is 7.14. The Hall–Kier alpha value is -2.39. The summed E-state index contributed by atoms with van der Waals surface area (Å²) in [6, 6.07) is 6.19. The Morgan fingerprint density at radius 1 is 1.28 bits per heavy atom. The summed E-state index contributed by atoms with van der Waals surface area (Å²) in [6.07, 6.45) is -2.91. The highest BCUT2D eigenvalue weighted by atomic mass is 35.5. The maximum absolute atomic E-state index is 13.4. The molecule has 2 aromatic rings. The van der Waals surface area contributed by atoms with Crippen LogP contribution in [0.25, 0.3) is 5.69 Å². The highest BCUT2D eigenvalue weighted by Gasteiger charge is 2.34. The minimum atomic E-state index is -4.59. The number of nitrogens with one attached hydrogen (secondary N) is 1. The van der Waals surface area contributed by atoms with Crippen molar-refractivity contribution in [3.05, 3.63) is 57.5 Å². The van der Waals surface area contributed by atoms with Crippen LogP contribution >= 0.6 is 12.4 Å². The molecule has 1 aliphatic heterocycles. The Morgan fingerprint density at radius 3 is 2.62 bits per heavy atom. The largest absolute Gasteiger partial charge is 0.418 e. The second-order valence-corrected chi connectivity index (χ2v) is 6.80. The molecule has 10 heteroatoms. The summed E-state index contributed by atoms with van der Waals surface area (Å²) in [4.78, 5) is 26.8. The van der Waals surface area contributed by atoms with Crippen LogP contribution in [0.1, 0.15) is 34.6 Å². The maximum atomic E-state index is 13.4. The highest BCUT2D eigenvalue weighted by Crippen LogP contribution is 2.33. The maximum Gasteiger partial charge on any atom is 0.418 e. The van der Waals surface area contributed by atoms with Crippen molar-refractivity contribution in [2.75, 3.05) is 20.1 Å². The quantitative estimate of drug-likeness (QED) is 0.813. The Kier molecular flexibility index (Phi) is 7.07. The second kappa shape index (κ2) is 8.96. The number of alkyl halides is 3. The zero-order valence-electron chi connectivity index (χ0n) is 16.0. The number of aromatic nitrogens is 2. The van der Waals surface area contributed by atoms with Gasteiger partial charge in [-0.25, -0.2) is 4.68 Å². The molecular weight excluding hydrogens is 409 g/mol. The van der Waals surface area contributed by atoms with E-state index < -0.39 is 23.1 Å². The summed E-state index contributed by atoms with van der Waals surface area (Å²) >= 11 is 0. The normalized spacial score (nSPS) is 17.0. The van der Waals surface area contributed by atoms with Gasteiger partial charge in [-0.3, -0.25) is 9.59 Å². The van der Waals surface area contributed by atoms with Gasteiger partial charge in [0.05, 0.1) is 11.3 Å². The summed E-state index contributed by atoms with van der Waals surface area (Å²) < 4.78 is 41.2. The molecule has 0 radical (unpaired) electrons. The average Bonchev–Trinajstić information content (AvgIpc) is 2.67. The van der Waals surface area contributed by atoms with Gasteiger partial charge in [0.2, 0.25) is 5.43 Å². The molecule has 2 heterocycles. The molecule has 1 N–H and O–H groups in total. The molecule has 3 rings (SSSR count). The van der Waals surface area contributed by atoms with E-state index in [2.05, 4.69) is 10.4 Å². The Labute approximate surface area is 172 Å². The van der Waals surface area contributed by atoms with Gasteiger partial charge in [0, 0.05) is 30.9 Å². The third-order valence-electron chi connectivity index (χ3n) is 4.86. The van der Waals surface area contributed by atoms with Crippen LogP contribution in [-0.4, -0.2) is 46.8 Å². The highest BCUT2D eigenvalue weighted by molar-refractivity contribution is 5.92. The lowest BCUT2D eigenvalue weighted by Crippen LogP contribution is -2.48. The fourth-order valence-electron chi connectivity index (χ4n) is 3.38. The Morgan fingerprint density at radius 2 is 1.97 bits per heavy atom. The van der Waals surface area contributed by atoms with E-state index in [4.69, 9.17) is 0 Å². The van der Waals surface area contributed by atoms with Gasteiger partial charge in [-0.15, -0.1) is 12.4 Å². The van der Waals surface area contributed by atoms with Gasteiger partial charge in [0.25, 0.3) is 5.91 Å². The van der Waals surface area contributed by atoms with Gasteiger partial charge in [0.15, 0.2) is 5.69 Å². The van der Waals surface area contributed by atoms with Gasteiger partial charge in [0.1, 0.15) is 0 Å². The standard InChI is InChI=1S/C19H21F3N4O2.ClH/c1-12-10-16(27)17(18(28)25-9-5-6-13(11-25)23-2)24-26(12)15-8-4-3-7-14(15)19(20,21)22;/h3-4,7-8,10,13,23H,5-6,9,11H2,1-2H3;1H. The fraction of sp³-hybridized carbons (Fsp3) is 0.421. The van der Waals surface area contributed by atoms with E-state index in [1.165, 1.54) is 30.0 Å². The van der Waals surface area contributed by atoms with E-state index in [9.17, 15) is 22.8 Å². The number of amides is 1. The molecule has 1 unspecified atom stereocenters. The lowest BCUT2D eigenvalue weighted by atomic mass is 10.1. The van der Waals surface area contributed by atoms with Crippen molar-refractivity contribution < 1.29 is 18.0 Å². The number of likely N-dealkylation sites (N-methyl/N-ethyl adjacent to an activating group) is 1. The summed E-state index contributed by atoms with van der Waals surface area (Å²) in [7, 11) is 1.80. The molecule has 6 nitrogen and oxygen atoms in total. The molecule has 0 bridgehead atoms. The molecule has 0 saturated carbocycles. The van der Waals surface area contributed by atoms with Crippen LogP contribution < -0.4 is 10.7 Å². The Bertz CT molecular complexity index is 946. The van der Waals surface area contributed by atoms with Crippen molar-refractivity contribution in [1.82, 2.24) is 20.0 Å². The number of carbonyl (C=O) groups is 1. The van der Waals surface area contributed by atoms with Crippen molar-refractivity contribution in [2.24, 2.45) is 0 Å². The number of nitrogens with zero attached hydrogens (tertiary/aromatic N) is 3. The minimum absolute atomic E-state index is 0. The molecule has 158 valence electrons. The number of carbonyl (C=O) groups excluding carboxylic acids is 1. The summed E-state index contributed by atoms with van der Waals surface area (Å²) in [5.74, 6) is -0.566. The average molecular weight is 431 g/mol. The lowest BCUT2D eigenvalue weighted by Gasteiger charge is -2.32. The van der Waals surface area contributed by atoms with E-state index >= 15 is 0 Å². The van der Waals surface area contributed by atoms with Gasteiger partial charge >= 0.3 is 6.18 Å². The predicted octanol–water partition coefficient (Wildman–Crippen LogP) is 2.81. The third-order valence-corrected chi connectivity index (χ3v) is 4.86. The van der Waals surface area contributed by atoms with E-state index in [1.807, 2.05) is 0 Å². The van der Waals surface area contributed by atoms with Crippen molar-refractivity contribution in [2.45, 2.75) is 32.0 Å². The number of para-hydroxylation sites is 1. The van der Waals surface area contributed by atoms with E-state index in [-0.39, 0.29) is 35.5 Å².